The first-order valence-corrected chi connectivity index (χ1v) is 6.47. The van der Waals surface area contributed by atoms with Gasteiger partial charge in [-0.25, -0.2) is 5.43 Å². The minimum Gasteiger partial charge on any atom is -0.493 e. The molecule has 0 spiro atoms. The van der Waals surface area contributed by atoms with Gasteiger partial charge in [-0.1, -0.05) is 19.9 Å². The lowest BCUT2D eigenvalue weighted by atomic mass is 10.2. The van der Waals surface area contributed by atoms with Crippen molar-refractivity contribution in [3.05, 3.63) is 29.8 Å². The number of carbonyl (C=O) groups is 2. The minimum atomic E-state index is -0.921. The Balaban J connectivity index is 2.47. The third-order valence-corrected chi connectivity index (χ3v) is 2.35. The number of carbonyl (C=O) groups excluding carboxylic acids is 1. The highest BCUT2D eigenvalue weighted by Crippen LogP contribution is 2.14. The number of hydrazine groups is 1. The maximum absolute atomic E-state index is 11.8. The van der Waals surface area contributed by atoms with Crippen LogP contribution in [0.1, 0.15) is 30.6 Å². The lowest BCUT2D eigenvalue weighted by molar-refractivity contribution is -0.136. The highest BCUT2D eigenvalue weighted by molar-refractivity contribution is 5.94. The SMILES string of the molecule is CC(C)COc1cccc(C(=O)NNCCC(=O)O)c1. The molecule has 1 amide bonds. The maximum atomic E-state index is 11.8. The van der Waals surface area contributed by atoms with Crippen molar-refractivity contribution in [2.75, 3.05) is 13.2 Å². The Kier molecular flexibility index (Phi) is 6.52. The molecule has 0 fully saturated rings. The van der Waals surface area contributed by atoms with Gasteiger partial charge in [0.2, 0.25) is 0 Å². The molecule has 0 aliphatic rings. The second-order valence-electron chi connectivity index (χ2n) is 4.76. The van der Waals surface area contributed by atoms with Crippen LogP contribution >= 0.6 is 0 Å². The van der Waals surface area contributed by atoms with E-state index >= 15 is 0 Å². The fourth-order valence-corrected chi connectivity index (χ4v) is 1.37. The van der Waals surface area contributed by atoms with Crippen LogP contribution in [0.15, 0.2) is 24.3 Å². The van der Waals surface area contributed by atoms with E-state index in [1.54, 1.807) is 24.3 Å². The predicted octanol–water partition coefficient (Wildman–Crippen LogP) is 1.43. The van der Waals surface area contributed by atoms with Gasteiger partial charge in [-0.2, -0.15) is 0 Å². The third-order valence-electron chi connectivity index (χ3n) is 2.35. The zero-order valence-electron chi connectivity index (χ0n) is 11.7. The van der Waals surface area contributed by atoms with Crippen LogP contribution in [-0.2, 0) is 4.79 Å². The summed E-state index contributed by atoms with van der Waals surface area (Å²) < 4.78 is 5.54. The molecule has 0 unspecified atom stereocenters. The van der Waals surface area contributed by atoms with Crippen molar-refractivity contribution in [2.45, 2.75) is 20.3 Å². The van der Waals surface area contributed by atoms with Gasteiger partial charge < -0.3 is 9.84 Å². The van der Waals surface area contributed by atoms with Crippen molar-refractivity contribution in [1.82, 2.24) is 10.9 Å². The largest absolute Gasteiger partial charge is 0.493 e. The first kappa shape index (κ1) is 16.0. The van der Waals surface area contributed by atoms with Crippen molar-refractivity contribution in [3.63, 3.8) is 0 Å². The predicted molar refractivity (Wildman–Crippen MR) is 74.5 cm³/mol. The van der Waals surface area contributed by atoms with E-state index in [-0.39, 0.29) is 18.9 Å². The molecular weight excluding hydrogens is 260 g/mol. The summed E-state index contributed by atoms with van der Waals surface area (Å²) in [5, 5.41) is 8.47. The van der Waals surface area contributed by atoms with Crippen LogP contribution in [0.5, 0.6) is 5.75 Å². The summed E-state index contributed by atoms with van der Waals surface area (Å²) in [6.45, 7) is 4.85. The second kappa shape index (κ2) is 8.16. The molecular formula is C14H20N2O4. The zero-order chi connectivity index (χ0) is 15.0. The number of aliphatic carboxylic acids is 1. The Morgan fingerprint density at radius 3 is 2.75 bits per heavy atom. The van der Waals surface area contributed by atoms with E-state index in [9.17, 15) is 9.59 Å². The standard InChI is InChI=1S/C14H20N2O4/c1-10(2)9-20-12-5-3-4-11(8-12)14(19)16-15-7-6-13(17)18/h3-5,8,10,15H,6-7,9H2,1-2H3,(H,16,19)(H,17,18). The van der Waals surface area contributed by atoms with Gasteiger partial charge in [0.1, 0.15) is 5.75 Å². The van der Waals surface area contributed by atoms with Crippen LogP contribution in [0.25, 0.3) is 0 Å². The van der Waals surface area contributed by atoms with Gasteiger partial charge in [0.15, 0.2) is 0 Å². The van der Waals surface area contributed by atoms with Gasteiger partial charge in [-0.15, -0.1) is 0 Å². The molecule has 0 saturated carbocycles. The number of benzene rings is 1. The first-order chi connectivity index (χ1) is 9.49. The summed E-state index contributed by atoms with van der Waals surface area (Å²) in [7, 11) is 0. The summed E-state index contributed by atoms with van der Waals surface area (Å²) >= 11 is 0. The molecule has 0 saturated heterocycles. The Hall–Kier alpha value is -2.08. The number of hydrogen-bond donors (Lipinski definition) is 3. The molecule has 0 bridgehead atoms. The van der Waals surface area contributed by atoms with Crippen LogP contribution in [0, 0.1) is 5.92 Å². The van der Waals surface area contributed by atoms with Gasteiger partial charge in [-0.05, 0) is 24.1 Å². The maximum Gasteiger partial charge on any atom is 0.304 e. The molecule has 1 rings (SSSR count). The van der Waals surface area contributed by atoms with E-state index in [1.165, 1.54) is 0 Å². The van der Waals surface area contributed by atoms with E-state index < -0.39 is 5.97 Å². The lowest BCUT2D eigenvalue weighted by Crippen LogP contribution is -2.38. The zero-order valence-corrected chi connectivity index (χ0v) is 11.7. The molecule has 0 aliphatic carbocycles. The second-order valence-corrected chi connectivity index (χ2v) is 4.76. The number of ether oxygens (including phenoxy) is 1. The van der Waals surface area contributed by atoms with Gasteiger partial charge >= 0.3 is 5.97 Å². The summed E-state index contributed by atoms with van der Waals surface area (Å²) in [4.78, 5) is 22.1. The van der Waals surface area contributed by atoms with Crippen LogP contribution in [0.3, 0.4) is 0 Å². The van der Waals surface area contributed by atoms with E-state index in [0.717, 1.165) is 0 Å². The monoisotopic (exact) mass is 280 g/mol. The van der Waals surface area contributed by atoms with Gasteiger partial charge in [0, 0.05) is 12.1 Å². The summed E-state index contributed by atoms with van der Waals surface area (Å²) in [6, 6.07) is 6.84. The summed E-state index contributed by atoms with van der Waals surface area (Å²) in [6.07, 6.45) is -0.0577. The highest BCUT2D eigenvalue weighted by atomic mass is 16.5. The normalized spacial score (nSPS) is 10.3. The Morgan fingerprint density at radius 2 is 2.10 bits per heavy atom. The molecule has 20 heavy (non-hydrogen) atoms. The van der Waals surface area contributed by atoms with Crippen molar-refractivity contribution in [1.29, 1.82) is 0 Å². The Labute approximate surface area is 118 Å². The number of rotatable bonds is 8. The van der Waals surface area contributed by atoms with Gasteiger partial charge in [0.25, 0.3) is 5.91 Å². The minimum absolute atomic E-state index is 0.0577. The first-order valence-electron chi connectivity index (χ1n) is 6.47. The number of carboxylic acid groups (broad SMARTS) is 1. The van der Waals surface area contributed by atoms with Crippen LogP contribution in [0.2, 0.25) is 0 Å². The highest BCUT2D eigenvalue weighted by Gasteiger charge is 2.07. The van der Waals surface area contributed by atoms with E-state index in [2.05, 4.69) is 10.9 Å². The summed E-state index contributed by atoms with van der Waals surface area (Å²) in [5.74, 6) is -0.205. The molecule has 6 heteroatoms. The van der Waals surface area contributed by atoms with Crippen LogP contribution in [-0.4, -0.2) is 30.1 Å². The fourth-order valence-electron chi connectivity index (χ4n) is 1.37. The Bertz CT molecular complexity index is 460. The van der Waals surface area contributed by atoms with Crippen LogP contribution in [0.4, 0.5) is 0 Å². The molecule has 3 N–H and O–H groups in total. The van der Waals surface area contributed by atoms with Crippen molar-refractivity contribution in [2.24, 2.45) is 5.92 Å². The van der Waals surface area contributed by atoms with Crippen molar-refractivity contribution in [3.8, 4) is 5.75 Å². The molecule has 0 radical (unpaired) electrons. The molecule has 0 atom stereocenters. The number of hydrogen-bond acceptors (Lipinski definition) is 4. The molecule has 6 nitrogen and oxygen atoms in total. The summed E-state index contributed by atoms with van der Waals surface area (Å²) in [5.41, 5.74) is 5.45. The lowest BCUT2D eigenvalue weighted by Gasteiger charge is -2.10. The van der Waals surface area contributed by atoms with Gasteiger partial charge in [0.05, 0.1) is 13.0 Å². The molecule has 0 aromatic heterocycles. The van der Waals surface area contributed by atoms with Crippen molar-refractivity contribution < 1.29 is 19.4 Å². The topological polar surface area (TPSA) is 87.7 Å². The number of carboxylic acids is 1. The average Bonchev–Trinajstić information content (AvgIpc) is 2.41. The number of amides is 1. The fraction of sp³-hybridized carbons (Fsp3) is 0.429. The van der Waals surface area contributed by atoms with E-state index in [0.29, 0.717) is 23.8 Å². The van der Waals surface area contributed by atoms with E-state index in [4.69, 9.17) is 9.84 Å². The van der Waals surface area contributed by atoms with Crippen LogP contribution < -0.4 is 15.6 Å². The molecule has 1 aromatic rings. The molecule has 1 aromatic carbocycles. The quantitative estimate of drug-likeness (QED) is 0.495. The van der Waals surface area contributed by atoms with Gasteiger partial charge in [-0.3, -0.25) is 15.0 Å². The third kappa shape index (κ3) is 6.19. The molecule has 0 aliphatic heterocycles. The van der Waals surface area contributed by atoms with E-state index in [1.807, 2.05) is 13.8 Å². The molecule has 110 valence electrons. The average molecular weight is 280 g/mol. The molecule has 0 heterocycles. The smallest absolute Gasteiger partial charge is 0.304 e. The van der Waals surface area contributed by atoms with Crippen molar-refractivity contribution >= 4 is 11.9 Å². The number of nitrogens with one attached hydrogen (secondary N) is 2. The Morgan fingerprint density at radius 1 is 1.35 bits per heavy atom.